The second kappa shape index (κ2) is 12.3. The molecular weight excluding hydrogens is 540 g/mol. The third-order valence-electron chi connectivity index (χ3n) is 12.9. The zero-order valence-electron chi connectivity index (χ0n) is 26.7. The largest absolute Gasteiger partial charge is 0.342 e. The molecule has 0 atom stereocenters. The van der Waals surface area contributed by atoms with Crippen molar-refractivity contribution in [1.82, 2.24) is 10.2 Å². The van der Waals surface area contributed by atoms with E-state index in [2.05, 4.69) is 37.9 Å². The normalized spacial score (nSPS) is 43.3. The molecule has 0 aromatic carbocycles. The lowest BCUT2D eigenvalue weighted by Gasteiger charge is -2.57. The van der Waals surface area contributed by atoms with Crippen LogP contribution in [0.25, 0.3) is 0 Å². The van der Waals surface area contributed by atoms with E-state index in [1.54, 1.807) is 0 Å². The molecule has 10 fully saturated rings. The van der Waals surface area contributed by atoms with Crippen LogP contribution in [0.4, 0.5) is 0 Å². The number of hydrogen-bond acceptors (Lipinski definition) is 3. The van der Waals surface area contributed by atoms with Gasteiger partial charge in [0.15, 0.2) is 0 Å². The van der Waals surface area contributed by atoms with E-state index < -0.39 is 0 Å². The summed E-state index contributed by atoms with van der Waals surface area (Å²) in [6, 6.07) is 0. The van der Waals surface area contributed by atoms with E-state index in [1.807, 2.05) is 0 Å². The molecule has 2 saturated heterocycles. The van der Waals surface area contributed by atoms with Gasteiger partial charge in [-0.2, -0.15) is 0 Å². The summed E-state index contributed by atoms with van der Waals surface area (Å²) in [7, 11) is 0. The number of nitrogens with zero attached hydrogens (tertiary/aromatic N) is 1. The zero-order valence-corrected chi connectivity index (χ0v) is 27.5. The van der Waals surface area contributed by atoms with Gasteiger partial charge < -0.3 is 10.2 Å². The molecule has 1 amide bonds. The fourth-order valence-corrected chi connectivity index (χ4v) is 12.1. The Morgan fingerprint density at radius 1 is 0.667 bits per heavy atom. The highest BCUT2D eigenvalue weighted by Gasteiger charge is 2.56. The maximum atomic E-state index is 13.3. The SMILES string of the molecule is C.CC1(C)CCCN(C(=O)C23CC4CC(CC(C4)C2)C3)C1.CC1(C)CCCNC1.O=C(Cl)C12CC3CC(CC(C3)C1)C2. The smallest absolute Gasteiger partial charge is 0.228 e. The first-order chi connectivity index (χ1) is 19.3. The third-order valence-corrected chi connectivity index (χ3v) is 13.3. The van der Waals surface area contributed by atoms with Crippen LogP contribution in [0.5, 0.6) is 0 Å². The Kier molecular flexibility index (Phi) is 9.59. The number of piperidine rings is 2. The molecule has 0 aromatic heterocycles. The lowest BCUT2D eigenvalue weighted by molar-refractivity contribution is -0.160. The van der Waals surface area contributed by atoms with Gasteiger partial charge in [0.2, 0.25) is 11.1 Å². The van der Waals surface area contributed by atoms with E-state index in [1.165, 1.54) is 96.6 Å². The fraction of sp³-hybridized carbons (Fsp3) is 0.946. The van der Waals surface area contributed by atoms with Gasteiger partial charge in [-0.25, -0.2) is 0 Å². The molecule has 10 rings (SSSR count). The van der Waals surface area contributed by atoms with Crippen molar-refractivity contribution in [2.45, 2.75) is 138 Å². The summed E-state index contributed by atoms with van der Waals surface area (Å²) < 4.78 is 0. The molecule has 10 aliphatic rings. The molecule has 1 N–H and O–H groups in total. The van der Waals surface area contributed by atoms with Crippen LogP contribution in [0.1, 0.15) is 138 Å². The van der Waals surface area contributed by atoms with Gasteiger partial charge in [0.1, 0.15) is 0 Å². The number of carbonyl (C=O) groups is 2. The first kappa shape index (κ1) is 32.8. The van der Waals surface area contributed by atoms with Crippen molar-refractivity contribution in [1.29, 1.82) is 0 Å². The second-order valence-electron chi connectivity index (χ2n) is 18.1. The Balaban J connectivity index is 0.000000138. The van der Waals surface area contributed by atoms with Crippen molar-refractivity contribution >= 4 is 22.8 Å². The van der Waals surface area contributed by atoms with Crippen molar-refractivity contribution < 1.29 is 9.59 Å². The molecule has 0 unspecified atom stereocenters. The summed E-state index contributed by atoms with van der Waals surface area (Å²) in [5.74, 6) is 5.66. The molecule has 0 spiro atoms. The van der Waals surface area contributed by atoms with Crippen LogP contribution < -0.4 is 5.32 Å². The molecule has 0 radical (unpaired) electrons. The Hall–Kier alpha value is -0.610. The van der Waals surface area contributed by atoms with Gasteiger partial charge in [-0.1, -0.05) is 35.1 Å². The summed E-state index contributed by atoms with van der Waals surface area (Å²) in [6.07, 6.45) is 20.6. The molecule has 42 heavy (non-hydrogen) atoms. The molecule has 8 aliphatic carbocycles. The van der Waals surface area contributed by atoms with E-state index >= 15 is 0 Å². The first-order valence-electron chi connectivity index (χ1n) is 17.5. The minimum Gasteiger partial charge on any atom is -0.342 e. The molecule has 8 bridgehead atoms. The van der Waals surface area contributed by atoms with E-state index in [9.17, 15) is 9.59 Å². The highest BCUT2D eigenvalue weighted by molar-refractivity contribution is 6.64. The Morgan fingerprint density at radius 3 is 1.43 bits per heavy atom. The predicted molar refractivity (Wildman–Crippen MR) is 174 cm³/mol. The summed E-state index contributed by atoms with van der Waals surface area (Å²) >= 11 is 5.76. The van der Waals surface area contributed by atoms with Crippen LogP contribution >= 0.6 is 11.6 Å². The molecular formula is C37H63ClN2O2. The van der Waals surface area contributed by atoms with Gasteiger partial charge in [-0.3, -0.25) is 9.59 Å². The Labute approximate surface area is 263 Å². The van der Waals surface area contributed by atoms with Crippen molar-refractivity contribution in [3.05, 3.63) is 0 Å². The highest BCUT2D eigenvalue weighted by atomic mass is 35.5. The maximum absolute atomic E-state index is 13.3. The van der Waals surface area contributed by atoms with Crippen LogP contribution in [0.3, 0.4) is 0 Å². The Bertz CT molecular complexity index is 908. The van der Waals surface area contributed by atoms with Crippen molar-refractivity contribution in [2.24, 2.45) is 57.2 Å². The standard InChI is InChI=1S/C18H29NO.C11H15ClO.C7H15N.CH4/c1-17(2)4-3-5-19(12-17)16(20)18-9-13-6-14(10-18)8-15(7-13)11-18;12-10(13)11-4-7-1-8(5-11)3-9(2-7)6-11;1-7(2)4-3-5-8-6-7;/h13-15H,3-12H2,1-2H3;7-9H,1-6H2;8H,3-6H2,1-2H3;1H4. The predicted octanol–water partition coefficient (Wildman–Crippen LogP) is 8.85. The average molecular weight is 603 g/mol. The number of rotatable bonds is 2. The number of carbonyl (C=O) groups excluding carboxylic acids is 2. The minimum atomic E-state index is -0.0731. The lowest BCUT2D eigenvalue weighted by Crippen LogP contribution is -2.56. The van der Waals surface area contributed by atoms with Gasteiger partial charge in [-0.15, -0.1) is 0 Å². The van der Waals surface area contributed by atoms with Crippen LogP contribution in [-0.2, 0) is 9.59 Å². The number of likely N-dealkylation sites (tertiary alicyclic amines) is 1. The van der Waals surface area contributed by atoms with Crippen LogP contribution in [-0.4, -0.2) is 42.2 Å². The molecule has 2 aliphatic heterocycles. The van der Waals surface area contributed by atoms with Gasteiger partial charge in [0.05, 0.1) is 5.41 Å². The number of halogens is 1. The van der Waals surface area contributed by atoms with Gasteiger partial charge in [0, 0.05) is 25.0 Å². The first-order valence-corrected chi connectivity index (χ1v) is 17.9. The van der Waals surface area contributed by atoms with Gasteiger partial charge in [-0.05, 0) is 167 Å². The lowest BCUT2D eigenvalue weighted by atomic mass is 9.49. The summed E-state index contributed by atoms with van der Waals surface area (Å²) in [5, 5.41) is 3.34. The quantitative estimate of drug-likeness (QED) is 0.321. The van der Waals surface area contributed by atoms with Crippen LogP contribution in [0, 0.1) is 57.2 Å². The van der Waals surface area contributed by atoms with Gasteiger partial charge in [0.25, 0.3) is 0 Å². The highest BCUT2D eigenvalue weighted by Crippen LogP contribution is 2.62. The summed E-state index contributed by atoms with van der Waals surface area (Å²) in [4.78, 5) is 27.0. The second-order valence-corrected chi connectivity index (χ2v) is 18.5. The van der Waals surface area contributed by atoms with E-state index in [4.69, 9.17) is 11.6 Å². The topological polar surface area (TPSA) is 49.4 Å². The number of amides is 1. The fourth-order valence-electron chi connectivity index (χ4n) is 11.9. The monoisotopic (exact) mass is 602 g/mol. The molecule has 2 heterocycles. The van der Waals surface area contributed by atoms with Crippen LogP contribution in [0.2, 0.25) is 0 Å². The Morgan fingerprint density at radius 2 is 1.10 bits per heavy atom. The molecule has 0 aromatic rings. The van der Waals surface area contributed by atoms with Crippen molar-refractivity contribution in [2.75, 3.05) is 26.2 Å². The molecule has 8 saturated carbocycles. The molecule has 240 valence electrons. The van der Waals surface area contributed by atoms with Gasteiger partial charge >= 0.3 is 0 Å². The van der Waals surface area contributed by atoms with Crippen molar-refractivity contribution in [3.8, 4) is 0 Å². The zero-order chi connectivity index (χ0) is 29.0. The minimum absolute atomic E-state index is 0. The van der Waals surface area contributed by atoms with E-state index in [-0.39, 0.29) is 23.5 Å². The maximum Gasteiger partial charge on any atom is 0.228 e. The van der Waals surface area contributed by atoms with E-state index in [0.717, 1.165) is 67.9 Å². The van der Waals surface area contributed by atoms with Crippen molar-refractivity contribution in [3.63, 3.8) is 0 Å². The number of nitrogens with one attached hydrogen (secondary N) is 1. The van der Waals surface area contributed by atoms with E-state index in [0.29, 0.717) is 16.7 Å². The van der Waals surface area contributed by atoms with Crippen LogP contribution in [0.15, 0.2) is 0 Å². The molecule has 4 nitrogen and oxygen atoms in total. The summed E-state index contributed by atoms with van der Waals surface area (Å²) in [6.45, 7) is 13.7. The summed E-state index contributed by atoms with van der Waals surface area (Å²) in [5.41, 5.74) is 0.896. The third kappa shape index (κ3) is 6.95. The molecule has 5 heteroatoms. The average Bonchev–Trinajstić information content (AvgIpc) is 2.87. The number of hydrogen-bond donors (Lipinski definition) is 1.